The number of likely N-dealkylation sites (tertiary alicyclic amines) is 1. The Kier molecular flexibility index (Phi) is 4.74. The molecule has 1 aliphatic heterocycles. The molecule has 0 spiro atoms. The SMILES string of the molecule is CC(C)c1cc(C(=O)N2CCC[C@@H](C(=O)c3ccccn3)C2)on1. The average Bonchev–Trinajstić information content (AvgIpc) is 3.12. The summed E-state index contributed by atoms with van der Waals surface area (Å²) in [5.41, 5.74) is 1.22. The molecule has 126 valence electrons. The number of carbonyl (C=O) groups excluding carboxylic acids is 2. The van der Waals surface area contributed by atoms with Crippen LogP contribution >= 0.6 is 0 Å². The van der Waals surface area contributed by atoms with Crippen molar-refractivity contribution in [3.63, 3.8) is 0 Å². The molecule has 0 saturated carbocycles. The van der Waals surface area contributed by atoms with E-state index in [9.17, 15) is 9.59 Å². The smallest absolute Gasteiger partial charge is 0.292 e. The van der Waals surface area contributed by atoms with Crippen LogP contribution in [-0.2, 0) is 0 Å². The zero-order valence-corrected chi connectivity index (χ0v) is 13.9. The number of aromatic nitrogens is 2. The fraction of sp³-hybridized carbons (Fsp3) is 0.444. The Morgan fingerprint density at radius 2 is 2.17 bits per heavy atom. The van der Waals surface area contributed by atoms with Gasteiger partial charge in [-0.15, -0.1) is 0 Å². The summed E-state index contributed by atoms with van der Waals surface area (Å²) in [6.45, 7) is 5.01. The number of rotatable bonds is 4. The molecule has 0 N–H and O–H groups in total. The molecule has 2 aromatic rings. The minimum Gasteiger partial charge on any atom is -0.351 e. The van der Waals surface area contributed by atoms with Crippen molar-refractivity contribution in [2.45, 2.75) is 32.6 Å². The van der Waals surface area contributed by atoms with E-state index in [1.54, 1.807) is 35.4 Å². The second-order valence-electron chi connectivity index (χ2n) is 6.44. The molecule has 6 nitrogen and oxygen atoms in total. The van der Waals surface area contributed by atoms with Gasteiger partial charge in [0, 0.05) is 31.3 Å². The van der Waals surface area contributed by atoms with Crippen LogP contribution in [0.25, 0.3) is 0 Å². The molecule has 0 aromatic carbocycles. The summed E-state index contributed by atoms with van der Waals surface area (Å²) in [5, 5.41) is 3.93. The number of amides is 1. The van der Waals surface area contributed by atoms with Crippen molar-refractivity contribution in [1.29, 1.82) is 0 Å². The summed E-state index contributed by atoms with van der Waals surface area (Å²) in [4.78, 5) is 31.0. The molecule has 1 saturated heterocycles. The van der Waals surface area contributed by atoms with E-state index >= 15 is 0 Å². The Labute approximate surface area is 140 Å². The van der Waals surface area contributed by atoms with E-state index in [-0.39, 0.29) is 29.3 Å². The van der Waals surface area contributed by atoms with Gasteiger partial charge in [0.25, 0.3) is 5.91 Å². The Hall–Kier alpha value is -2.50. The highest BCUT2D eigenvalue weighted by atomic mass is 16.5. The molecular formula is C18H21N3O3. The minimum atomic E-state index is -0.218. The second-order valence-corrected chi connectivity index (χ2v) is 6.44. The molecule has 3 rings (SSSR count). The van der Waals surface area contributed by atoms with E-state index in [2.05, 4.69) is 10.1 Å². The lowest BCUT2D eigenvalue weighted by molar-refractivity contribution is 0.0601. The third kappa shape index (κ3) is 3.37. The van der Waals surface area contributed by atoms with E-state index in [0.717, 1.165) is 18.5 Å². The van der Waals surface area contributed by atoms with Gasteiger partial charge < -0.3 is 9.42 Å². The number of carbonyl (C=O) groups is 2. The topological polar surface area (TPSA) is 76.3 Å². The molecule has 1 aliphatic rings. The third-order valence-electron chi connectivity index (χ3n) is 4.33. The molecule has 3 heterocycles. The predicted octanol–water partition coefficient (Wildman–Crippen LogP) is 2.93. The highest BCUT2D eigenvalue weighted by Crippen LogP contribution is 2.23. The van der Waals surface area contributed by atoms with Crippen molar-refractivity contribution in [1.82, 2.24) is 15.0 Å². The van der Waals surface area contributed by atoms with Gasteiger partial charge in [-0.2, -0.15) is 0 Å². The van der Waals surface area contributed by atoms with Crippen LogP contribution in [0.4, 0.5) is 0 Å². The summed E-state index contributed by atoms with van der Waals surface area (Å²) in [5.74, 6) is 0.0197. The Balaban J connectivity index is 1.70. The fourth-order valence-electron chi connectivity index (χ4n) is 2.91. The molecule has 1 fully saturated rings. The van der Waals surface area contributed by atoms with Crippen molar-refractivity contribution >= 4 is 11.7 Å². The van der Waals surface area contributed by atoms with Crippen LogP contribution in [-0.4, -0.2) is 39.8 Å². The van der Waals surface area contributed by atoms with Gasteiger partial charge in [0.15, 0.2) is 5.78 Å². The van der Waals surface area contributed by atoms with Crippen LogP contribution in [0, 0.1) is 5.92 Å². The predicted molar refractivity (Wildman–Crippen MR) is 87.8 cm³/mol. The van der Waals surface area contributed by atoms with Gasteiger partial charge in [-0.25, -0.2) is 0 Å². The van der Waals surface area contributed by atoms with Gasteiger partial charge in [-0.3, -0.25) is 14.6 Å². The first-order valence-corrected chi connectivity index (χ1v) is 8.27. The first-order valence-electron chi connectivity index (χ1n) is 8.27. The molecule has 0 bridgehead atoms. The molecular weight excluding hydrogens is 306 g/mol. The second kappa shape index (κ2) is 6.95. The van der Waals surface area contributed by atoms with Gasteiger partial charge in [0.2, 0.25) is 5.76 Å². The first-order chi connectivity index (χ1) is 11.6. The molecule has 6 heteroatoms. The van der Waals surface area contributed by atoms with Crippen LogP contribution in [0.5, 0.6) is 0 Å². The van der Waals surface area contributed by atoms with E-state index in [1.165, 1.54) is 0 Å². The normalized spacial score (nSPS) is 18.0. The molecule has 2 aromatic heterocycles. The summed E-state index contributed by atoms with van der Waals surface area (Å²) >= 11 is 0. The standard InChI is InChI=1S/C18H21N3O3/c1-12(2)15-10-16(24-20-15)18(23)21-9-5-6-13(11-21)17(22)14-7-3-4-8-19-14/h3-4,7-8,10,12-13H,5-6,9,11H2,1-2H3/t13-/m1/s1. The van der Waals surface area contributed by atoms with Gasteiger partial charge in [0.05, 0.1) is 5.69 Å². The van der Waals surface area contributed by atoms with Crippen LogP contribution < -0.4 is 0 Å². The molecule has 1 amide bonds. The quantitative estimate of drug-likeness (QED) is 0.807. The number of pyridine rings is 1. The van der Waals surface area contributed by atoms with Crippen molar-refractivity contribution in [3.05, 3.63) is 47.6 Å². The zero-order valence-electron chi connectivity index (χ0n) is 13.9. The van der Waals surface area contributed by atoms with E-state index in [4.69, 9.17) is 4.52 Å². The van der Waals surface area contributed by atoms with Crippen LogP contribution in [0.15, 0.2) is 35.0 Å². The number of nitrogens with zero attached hydrogens (tertiary/aromatic N) is 3. The lowest BCUT2D eigenvalue weighted by atomic mass is 9.91. The molecule has 0 unspecified atom stereocenters. The van der Waals surface area contributed by atoms with Gasteiger partial charge >= 0.3 is 0 Å². The van der Waals surface area contributed by atoms with Crippen LogP contribution in [0.2, 0.25) is 0 Å². The van der Waals surface area contributed by atoms with Crippen molar-refractivity contribution in [3.8, 4) is 0 Å². The van der Waals surface area contributed by atoms with E-state index in [1.807, 2.05) is 13.8 Å². The molecule has 0 radical (unpaired) electrons. The van der Waals surface area contributed by atoms with Gasteiger partial charge in [-0.1, -0.05) is 25.1 Å². The minimum absolute atomic E-state index is 0.00598. The molecule has 1 atom stereocenters. The largest absolute Gasteiger partial charge is 0.351 e. The number of piperidine rings is 1. The van der Waals surface area contributed by atoms with Crippen molar-refractivity contribution in [2.24, 2.45) is 5.92 Å². The van der Waals surface area contributed by atoms with Crippen molar-refractivity contribution in [2.75, 3.05) is 13.1 Å². The van der Waals surface area contributed by atoms with Crippen LogP contribution in [0.1, 0.15) is 59.3 Å². The lowest BCUT2D eigenvalue weighted by Gasteiger charge is -2.31. The van der Waals surface area contributed by atoms with E-state index in [0.29, 0.717) is 18.8 Å². The number of Topliss-reactive ketones (excluding diaryl/α,β-unsaturated/α-hetero) is 1. The summed E-state index contributed by atoms with van der Waals surface area (Å²) in [6.07, 6.45) is 3.17. The van der Waals surface area contributed by atoms with Gasteiger partial charge in [0.1, 0.15) is 5.69 Å². The molecule has 0 aliphatic carbocycles. The Bertz CT molecular complexity index is 724. The lowest BCUT2D eigenvalue weighted by Crippen LogP contribution is -2.42. The maximum atomic E-state index is 12.6. The monoisotopic (exact) mass is 327 g/mol. The summed E-state index contributed by atoms with van der Waals surface area (Å²) in [7, 11) is 0. The number of hydrogen-bond acceptors (Lipinski definition) is 5. The highest BCUT2D eigenvalue weighted by Gasteiger charge is 2.31. The maximum absolute atomic E-state index is 12.6. The fourth-order valence-corrected chi connectivity index (χ4v) is 2.91. The maximum Gasteiger partial charge on any atom is 0.292 e. The third-order valence-corrected chi connectivity index (χ3v) is 4.33. The first kappa shape index (κ1) is 16.4. The summed E-state index contributed by atoms with van der Waals surface area (Å²) in [6, 6.07) is 6.99. The van der Waals surface area contributed by atoms with Gasteiger partial charge in [-0.05, 0) is 30.9 Å². The number of hydrogen-bond donors (Lipinski definition) is 0. The average molecular weight is 327 g/mol. The van der Waals surface area contributed by atoms with Crippen molar-refractivity contribution < 1.29 is 14.1 Å². The Morgan fingerprint density at radius 3 is 2.83 bits per heavy atom. The number of ketones is 1. The molecule has 24 heavy (non-hydrogen) atoms. The Morgan fingerprint density at radius 1 is 1.33 bits per heavy atom. The van der Waals surface area contributed by atoms with E-state index < -0.39 is 0 Å². The summed E-state index contributed by atoms with van der Waals surface area (Å²) < 4.78 is 5.18. The highest BCUT2D eigenvalue weighted by molar-refractivity contribution is 5.97. The van der Waals surface area contributed by atoms with Crippen LogP contribution in [0.3, 0.4) is 0 Å². The zero-order chi connectivity index (χ0) is 17.1.